The molecule has 1 rings (SSSR count). The van der Waals surface area contributed by atoms with Crippen molar-refractivity contribution in [3.8, 4) is 0 Å². The SMILES string of the molecule is CCC(Cc1ncccc1C(F)(F)F)NC. The van der Waals surface area contributed by atoms with Crippen LogP contribution in [0.5, 0.6) is 0 Å². The number of rotatable bonds is 4. The second kappa shape index (κ2) is 5.30. The van der Waals surface area contributed by atoms with Gasteiger partial charge in [0.05, 0.1) is 11.3 Å². The fraction of sp³-hybridized carbons (Fsp3) is 0.545. The molecule has 1 aromatic rings. The highest BCUT2D eigenvalue weighted by Crippen LogP contribution is 2.31. The van der Waals surface area contributed by atoms with Crippen LogP contribution in [0.4, 0.5) is 13.2 Å². The summed E-state index contributed by atoms with van der Waals surface area (Å²) in [5.74, 6) is 0. The minimum Gasteiger partial charge on any atom is -0.317 e. The van der Waals surface area contributed by atoms with Crippen molar-refractivity contribution in [3.05, 3.63) is 29.6 Å². The minimum absolute atomic E-state index is 0.0241. The molecule has 1 atom stereocenters. The van der Waals surface area contributed by atoms with Gasteiger partial charge in [0.2, 0.25) is 0 Å². The number of alkyl halides is 3. The van der Waals surface area contributed by atoms with E-state index in [-0.39, 0.29) is 11.7 Å². The third kappa shape index (κ3) is 3.20. The summed E-state index contributed by atoms with van der Waals surface area (Å²) in [5.41, 5.74) is -0.528. The van der Waals surface area contributed by atoms with Crippen LogP contribution in [-0.4, -0.2) is 18.1 Å². The van der Waals surface area contributed by atoms with Crippen molar-refractivity contribution in [3.63, 3.8) is 0 Å². The largest absolute Gasteiger partial charge is 0.418 e. The van der Waals surface area contributed by atoms with Crippen LogP contribution < -0.4 is 5.32 Å². The normalized spacial score (nSPS) is 13.8. The van der Waals surface area contributed by atoms with Crippen LogP contribution in [-0.2, 0) is 12.6 Å². The van der Waals surface area contributed by atoms with Crippen molar-refractivity contribution >= 4 is 0 Å². The van der Waals surface area contributed by atoms with E-state index in [1.807, 2.05) is 6.92 Å². The fourth-order valence-corrected chi connectivity index (χ4v) is 1.54. The van der Waals surface area contributed by atoms with Gasteiger partial charge in [-0.25, -0.2) is 0 Å². The molecule has 0 bridgehead atoms. The third-order valence-electron chi connectivity index (χ3n) is 2.54. The van der Waals surface area contributed by atoms with Gasteiger partial charge >= 0.3 is 6.18 Å². The average molecular weight is 232 g/mol. The quantitative estimate of drug-likeness (QED) is 0.863. The van der Waals surface area contributed by atoms with E-state index in [9.17, 15) is 13.2 Å². The predicted molar refractivity (Wildman–Crippen MR) is 56.1 cm³/mol. The molecule has 0 aliphatic carbocycles. The zero-order valence-corrected chi connectivity index (χ0v) is 9.30. The number of nitrogens with one attached hydrogen (secondary N) is 1. The first-order valence-corrected chi connectivity index (χ1v) is 5.17. The standard InChI is InChI=1S/C11H15F3N2/c1-3-8(15-2)7-10-9(11(12,13)14)5-4-6-16-10/h4-6,8,15H,3,7H2,1-2H3. The Bertz CT molecular complexity index is 332. The smallest absolute Gasteiger partial charge is 0.317 e. The Morgan fingerprint density at radius 3 is 2.62 bits per heavy atom. The van der Waals surface area contributed by atoms with Crippen LogP contribution >= 0.6 is 0 Å². The van der Waals surface area contributed by atoms with E-state index >= 15 is 0 Å². The highest BCUT2D eigenvalue weighted by Gasteiger charge is 2.33. The van der Waals surface area contributed by atoms with E-state index in [1.54, 1.807) is 7.05 Å². The molecule has 5 heteroatoms. The Labute approximate surface area is 92.9 Å². The lowest BCUT2D eigenvalue weighted by atomic mass is 10.0. The number of halogens is 3. The number of aromatic nitrogens is 1. The third-order valence-corrected chi connectivity index (χ3v) is 2.54. The van der Waals surface area contributed by atoms with E-state index in [4.69, 9.17) is 0 Å². The van der Waals surface area contributed by atoms with Crippen molar-refractivity contribution < 1.29 is 13.2 Å². The number of nitrogens with zero attached hydrogens (tertiary/aromatic N) is 1. The summed E-state index contributed by atoms with van der Waals surface area (Å²) in [6.45, 7) is 1.93. The fourth-order valence-electron chi connectivity index (χ4n) is 1.54. The van der Waals surface area contributed by atoms with Crippen molar-refractivity contribution in [2.75, 3.05) is 7.05 Å². The Morgan fingerprint density at radius 2 is 2.12 bits per heavy atom. The Kier molecular flexibility index (Phi) is 4.29. The molecule has 0 aliphatic rings. The minimum atomic E-state index is -4.32. The number of likely N-dealkylation sites (N-methyl/N-ethyl adjacent to an activating group) is 1. The summed E-state index contributed by atoms with van der Waals surface area (Å²) in [4.78, 5) is 3.82. The zero-order valence-electron chi connectivity index (χ0n) is 9.30. The maximum absolute atomic E-state index is 12.6. The van der Waals surface area contributed by atoms with Gasteiger partial charge in [0.15, 0.2) is 0 Å². The van der Waals surface area contributed by atoms with Crippen LogP contribution in [0.3, 0.4) is 0 Å². The molecule has 1 heterocycles. The molecule has 16 heavy (non-hydrogen) atoms. The van der Waals surface area contributed by atoms with E-state index in [0.29, 0.717) is 6.42 Å². The first kappa shape index (κ1) is 13.0. The Morgan fingerprint density at radius 1 is 1.44 bits per heavy atom. The summed E-state index contributed by atoms with van der Waals surface area (Å²) in [6, 6.07) is 2.41. The molecule has 0 spiro atoms. The van der Waals surface area contributed by atoms with Crippen LogP contribution in [0.2, 0.25) is 0 Å². The average Bonchev–Trinajstić information content (AvgIpc) is 2.25. The summed E-state index contributed by atoms with van der Waals surface area (Å²) in [7, 11) is 1.74. The van der Waals surface area contributed by atoms with Gasteiger partial charge < -0.3 is 5.32 Å². The second-order valence-corrected chi connectivity index (χ2v) is 3.59. The number of hydrogen-bond donors (Lipinski definition) is 1. The lowest BCUT2D eigenvalue weighted by Crippen LogP contribution is -2.28. The maximum Gasteiger partial charge on any atom is 0.418 e. The van der Waals surface area contributed by atoms with Crippen molar-refractivity contribution in [2.45, 2.75) is 32.0 Å². The van der Waals surface area contributed by atoms with Gasteiger partial charge in [-0.1, -0.05) is 6.92 Å². The molecule has 0 saturated heterocycles. The first-order chi connectivity index (χ1) is 7.49. The molecule has 90 valence electrons. The lowest BCUT2D eigenvalue weighted by Gasteiger charge is -2.16. The van der Waals surface area contributed by atoms with Gasteiger partial charge in [-0.3, -0.25) is 4.98 Å². The van der Waals surface area contributed by atoms with Crippen molar-refractivity contribution in [1.82, 2.24) is 10.3 Å². The summed E-state index contributed by atoms with van der Waals surface area (Å²) in [5, 5.41) is 2.97. The zero-order chi connectivity index (χ0) is 12.2. The molecule has 1 N–H and O–H groups in total. The molecular formula is C11H15F3N2. The molecular weight excluding hydrogens is 217 g/mol. The highest BCUT2D eigenvalue weighted by atomic mass is 19.4. The second-order valence-electron chi connectivity index (χ2n) is 3.59. The van der Waals surface area contributed by atoms with Gasteiger partial charge in [0.25, 0.3) is 0 Å². The molecule has 1 unspecified atom stereocenters. The van der Waals surface area contributed by atoms with E-state index in [0.717, 1.165) is 12.5 Å². The van der Waals surface area contributed by atoms with Crippen molar-refractivity contribution in [2.24, 2.45) is 0 Å². The number of hydrogen-bond acceptors (Lipinski definition) is 2. The van der Waals surface area contributed by atoms with E-state index in [2.05, 4.69) is 10.3 Å². The van der Waals surface area contributed by atoms with Gasteiger partial charge in [0.1, 0.15) is 0 Å². The maximum atomic E-state index is 12.6. The molecule has 1 aromatic heterocycles. The van der Waals surface area contributed by atoms with Gasteiger partial charge in [0, 0.05) is 18.7 Å². The monoisotopic (exact) mass is 232 g/mol. The molecule has 0 aliphatic heterocycles. The van der Waals surface area contributed by atoms with Crippen molar-refractivity contribution in [1.29, 1.82) is 0 Å². The highest BCUT2D eigenvalue weighted by molar-refractivity contribution is 5.23. The van der Waals surface area contributed by atoms with Crippen LogP contribution in [0.1, 0.15) is 24.6 Å². The number of pyridine rings is 1. The molecule has 0 amide bonds. The van der Waals surface area contributed by atoms with Gasteiger partial charge in [-0.05, 0) is 25.6 Å². The molecule has 2 nitrogen and oxygen atoms in total. The molecule has 0 aromatic carbocycles. The van der Waals surface area contributed by atoms with Crippen LogP contribution in [0.25, 0.3) is 0 Å². The lowest BCUT2D eigenvalue weighted by molar-refractivity contribution is -0.138. The van der Waals surface area contributed by atoms with E-state index < -0.39 is 11.7 Å². The first-order valence-electron chi connectivity index (χ1n) is 5.17. The Balaban J connectivity index is 2.95. The topological polar surface area (TPSA) is 24.9 Å². The van der Waals surface area contributed by atoms with Crippen LogP contribution in [0, 0.1) is 0 Å². The molecule has 0 radical (unpaired) electrons. The summed E-state index contributed by atoms with van der Waals surface area (Å²) >= 11 is 0. The molecule has 0 fully saturated rings. The molecule has 0 saturated carbocycles. The Hall–Kier alpha value is -1.10. The summed E-state index contributed by atoms with van der Waals surface area (Å²) < 4.78 is 37.9. The van der Waals surface area contributed by atoms with Crippen LogP contribution in [0.15, 0.2) is 18.3 Å². The van der Waals surface area contributed by atoms with Gasteiger partial charge in [-0.2, -0.15) is 13.2 Å². The predicted octanol–water partition coefficient (Wildman–Crippen LogP) is 2.64. The van der Waals surface area contributed by atoms with E-state index in [1.165, 1.54) is 12.3 Å². The summed E-state index contributed by atoms with van der Waals surface area (Å²) in [6.07, 6.45) is -1.87. The van der Waals surface area contributed by atoms with Gasteiger partial charge in [-0.15, -0.1) is 0 Å².